The van der Waals surface area contributed by atoms with Crippen LogP contribution in [0.15, 0.2) is 54.9 Å². The first-order chi connectivity index (χ1) is 19.2. The van der Waals surface area contributed by atoms with Crippen molar-refractivity contribution < 1.29 is 23.1 Å². The van der Waals surface area contributed by atoms with Gasteiger partial charge in [0.25, 0.3) is 5.91 Å². The van der Waals surface area contributed by atoms with E-state index in [0.29, 0.717) is 73.7 Å². The zero-order chi connectivity index (χ0) is 28.3. The van der Waals surface area contributed by atoms with Gasteiger partial charge in [0.2, 0.25) is 5.95 Å². The second kappa shape index (κ2) is 11.3. The number of benzene rings is 1. The van der Waals surface area contributed by atoms with Gasteiger partial charge in [-0.1, -0.05) is 12.1 Å². The molecule has 2 N–H and O–H groups in total. The number of aliphatic hydroxyl groups excluding tert-OH is 1. The fraction of sp³-hybridized carbons (Fsp3) is 0.321. The number of nitriles is 1. The van der Waals surface area contributed by atoms with Crippen LogP contribution in [0.25, 0.3) is 16.9 Å². The predicted molar refractivity (Wildman–Crippen MR) is 140 cm³/mol. The van der Waals surface area contributed by atoms with Crippen molar-refractivity contribution >= 4 is 17.5 Å². The van der Waals surface area contributed by atoms with Gasteiger partial charge in [0.15, 0.2) is 0 Å². The van der Waals surface area contributed by atoms with Gasteiger partial charge in [-0.15, -0.1) is 0 Å². The SMILES string of the molecule is N#Cc1ccc(CCCNc2nc(-c3ccc(C(F)(F)F)cc3)cc3nc(C(=O)N4CCC(O)CC4)cn23)nc1. The van der Waals surface area contributed by atoms with Crippen LogP contribution in [0.2, 0.25) is 0 Å². The molecule has 5 rings (SSSR count). The van der Waals surface area contributed by atoms with Crippen molar-refractivity contribution in [3.63, 3.8) is 0 Å². The Kier molecular flexibility index (Phi) is 7.66. The molecule has 0 saturated carbocycles. The molecular weight excluding hydrogens is 523 g/mol. The summed E-state index contributed by atoms with van der Waals surface area (Å²) in [5, 5.41) is 22.0. The van der Waals surface area contributed by atoms with E-state index in [-0.39, 0.29) is 11.6 Å². The summed E-state index contributed by atoms with van der Waals surface area (Å²) in [4.78, 5) is 28.2. The molecule has 4 heterocycles. The fourth-order valence-electron chi connectivity index (χ4n) is 4.53. The molecule has 1 aromatic carbocycles. The fourth-order valence-corrected chi connectivity index (χ4v) is 4.53. The molecule has 0 atom stereocenters. The van der Waals surface area contributed by atoms with Gasteiger partial charge in [0.1, 0.15) is 17.4 Å². The van der Waals surface area contributed by atoms with Gasteiger partial charge in [-0.05, 0) is 49.9 Å². The lowest BCUT2D eigenvalue weighted by Gasteiger charge is -2.28. The highest BCUT2D eigenvalue weighted by atomic mass is 19.4. The number of halogens is 3. The minimum Gasteiger partial charge on any atom is -0.393 e. The number of likely N-dealkylation sites (tertiary alicyclic amines) is 1. The van der Waals surface area contributed by atoms with Crippen LogP contribution >= 0.6 is 0 Å². The summed E-state index contributed by atoms with van der Waals surface area (Å²) >= 11 is 0. The van der Waals surface area contributed by atoms with E-state index in [1.54, 1.807) is 33.7 Å². The Morgan fingerprint density at radius 1 is 1.12 bits per heavy atom. The highest BCUT2D eigenvalue weighted by Gasteiger charge is 2.30. The van der Waals surface area contributed by atoms with E-state index in [0.717, 1.165) is 17.8 Å². The van der Waals surface area contributed by atoms with Crippen molar-refractivity contribution in [1.29, 1.82) is 5.26 Å². The maximum atomic E-state index is 13.1. The van der Waals surface area contributed by atoms with E-state index >= 15 is 0 Å². The molecule has 0 aliphatic carbocycles. The Morgan fingerprint density at radius 2 is 1.88 bits per heavy atom. The van der Waals surface area contributed by atoms with E-state index in [1.165, 1.54) is 18.3 Å². The molecule has 0 bridgehead atoms. The lowest BCUT2D eigenvalue weighted by molar-refractivity contribution is -0.137. The third kappa shape index (κ3) is 6.05. The number of piperidine rings is 1. The maximum absolute atomic E-state index is 13.1. The van der Waals surface area contributed by atoms with Gasteiger partial charge in [0.05, 0.1) is 22.9 Å². The molecule has 1 fully saturated rings. The van der Waals surface area contributed by atoms with Gasteiger partial charge < -0.3 is 15.3 Å². The molecule has 12 heteroatoms. The zero-order valence-corrected chi connectivity index (χ0v) is 21.4. The zero-order valence-electron chi connectivity index (χ0n) is 21.4. The molecule has 0 radical (unpaired) electrons. The van der Waals surface area contributed by atoms with Crippen molar-refractivity contribution in [2.24, 2.45) is 0 Å². The summed E-state index contributed by atoms with van der Waals surface area (Å²) in [6, 6.07) is 11.9. The minimum atomic E-state index is -4.45. The van der Waals surface area contributed by atoms with Gasteiger partial charge >= 0.3 is 6.18 Å². The van der Waals surface area contributed by atoms with E-state index < -0.39 is 17.8 Å². The summed E-state index contributed by atoms with van der Waals surface area (Å²) in [5.41, 5.74) is 2.07. The smallest absolute Gasteiger partial charge is 0.393 e. The molecule has 0 unspecified atom stereocenters. The predicted octanol–water partition coefficient (Wildman–Crippen LogP) is 4.32. The highest BCUT2D eigenvalue weighted by molar-refractivity contribution is 5.93. The number of fused-ring (bicyclic) bond motifs is 1. The second-order valence-corrected chi connectivity index (χ2v) is 9.60. The number of amides is 1. The average Bonchev–Trinajstić information content (AvgIpc) is 3.40. The van der Waals surface area contributed by atoms with Crippen molar-refractivity contribution in [1.82, 2.24) is 24.3 Å². The summed E-state index contributed by atoms with van der Waals surface area (Å²) in [6.07, 6.45) is 0.577. The normalized spacial score (nSPS) is 14.3. The second-order valence-electron chi connectivity index (χ2n) is 9.60. The van der Waals surface area contributed by atoms with Crippen molar-refractivity contribution in [3.8, 4) is 17.3 Å². The van der Waals surface area contributed by atoms with Crippen LogP contribution in [0, 0.1) is 11.3 Å². The molecular formula is C28H26F3N7O2. The number of pyridine rings is 1. The van der Waals surface area contributed by atoms with Gasteiger partial charge in [-0.2, -0.15) is 18.4 Å². The number of aliphatic hydroxyl groups is 1. The molecule has 1 aliphatic heterocycles. The van der Waals surface area contributed by atoms with Crippen LogP contribution in [0.1, 0.15) is 46.6 Å². The maximum Gasteiger partial charge on any atom is 0.416 e. The molecule has 206 valence electrons. The Morgan fingerprint density at radius 3 is 2.52 bits per heavy atom. The number of nitrogens with zero attached hydrogens (tertiary/aromatic N) is 6. The molecule has 1 amide bonds. The number of anilines is 1. The first-order valence-corrected chi connectivity index (χ1v) is 12.9. The largest absolute Gasteiger partial charge is 0.416 e. The molecule has 4 aromatic rings. The van der Waals surface area contributed by atoms with E-state index in [1.807, 2.05) is 6.07 Å². The van der Waals surface area contributed by atoms with Crippen LogP contribution in [0.3, 0.4) is 0 Å². The van der Waals surface area contributed by atoms with E-state index in [9.17, 15) is 23.1 Å². The Labute approximate surface area is 227 Å². The lowest BCUT2D eigenvalue weighted by atomic mass is 10.1. The standard InChI is InChI=1S/C28H26F3N7O2/c29-28(30,31)20-6-4-19(5-7-20)23-14-25-35-24(26(40)37-12-9-22(39)10-13-37)17-38(25)27(36-23)33-11-1-2-21-8-3-18(15-32)16-34-21/h3-8,14,16-17,22,39H,1-2,9-13H2,(H,33,36). The molecule has 9 nitrogen and oxygen atoms in total. The Balaban J connectivity index is 1.40. The third-order valence-electron chi connectivity index (χ3n) is 6.78. The molecule has 40 heavy (non-hydrogen) atoms. The van der Waals surface area contributed by atoms with Crippen LogP contribution in [0.5, 0.6) is 0 Å². The van der Waals surface area contributed by atoms with Crippen LogP contribution in [0.4, 0.5) is 19.1 Å². The monoisotopic (exact) mass is 549 g/mol. The number of nitrogens with one attached hydrogen (secondary N) is 1. The summed E-state index contributed by atoms with van der Waals surface area (Å²) in [6.45, 7) is 1.35. The summed E-state index contributed by atoms with van der Waals surface area (Å²) in [5.74, 6) is 0.130. The first kappa shape index (κ1) is 27.1. The summed E-state index contributed by atoms with van der Waals surface area (Å²) < 4.78 is 40.9. The number of alkyl halides is 3. The average molecular weight is 550 g/mol. The van der Waals surface area contributed by atoms with Crippen LogP contribution < -0.4 is 5.32 Å². The van der Waals surface area contributed by atoms with Gasteiger partial charge in [-0.3, -0.25) is 14.2 Å². The number of aryl methyl sites for hydroxylation is 1. The van der Waals surface area contributed by atoms with Crippen molar-refractivity contribution in [2.45, 2.75) is 38.0 Å². The number of carbonyl (C=O) groups is 1. The molecule has 3 aromatic heterocycles. The number of aromatic nitrogens is 4. The molecule has 1 saturated heterocycles. The number of hydrogen-bond donors (Lipinski definition) is 2. The number of rotatable bonds is 7. The molecule has 0 spiro atoms. The molecule has 1 aliphatic rings. The van der Waals surface area contributed by atoms with E-state index in [4.69, 9.17) is 5.26 Å². The summed E-state index contributed by atoms with van der Waals surface area (Å²) in [7, 11) is 0. The van der Waals surface area contributed by atoms with Gasteiger partial charge in [0, 0.05) is 49.4 Å². The third-order valence-corrected chi connectivity index (χ3v) is 6.78. The highest BCUT2D eigenvalue weighted by Crippen LogP contribution is 2.31. The number of hydrogen-bond acceptors (Lipinski definition) is 7. The van der Waals surface area contributed by atoms with E-state index in [2.05, 4.69) is 20.3 Å². The lowest BCUT2D eigenvalue weighted by Crippen LogP contribution is -2.40. The van der Waals surface area contributed by atoms with Crippen molar-refractivity contribution in [2.75, 3.05) is 25.0 Å². The Bertz CT molecular complexity index is 1540. The Hall–Kier alpha value is -4.50. The first-order valence-electron chi connectivity index (χ1n) is 12.9. The topological polar surface area (TPSA) is 119 Å². The van der Waals surface area contributed by atoms with Crippen LogP contribution in [-0.2, 0) is 12.6 Å². The number of carbonyl (C=O) groups excluding carboxylic acids is 1. The van der Waals surface area contributed by atoms with Crippen molar-refractivity contribution in [3.05, 3.63) is 77.4 Å². The minimum absolute atomic E-state index is 0.215. The number of imidazole rings is 1. The quantitative estimate of drug-likeness (QED) is 0.330. The van der Waals surface area contributed by atoms with Gasteiger partial charge in [-0.25, -0.2) is 9.97 Å². The van der Waals surface area contributed by atoms with Crippen LogP contribution in [-0.4, -0.2) is 61.0 Å².